The Balaban J connectivity index is 1.84. The predicted molar refractivity (Wildman–Crippen MR) is 77.0 cm³/mol. The summed E-state index contributed by atoms with van der Waals surface area (Å²) in [5, 5.41) is 3.40. The Morgan fingerprint density at radius 3 is 2.95 bits per heavy atom. The largest absolute Gasteiger partial charge is 0.444 e. The molecule has 6 heteroatoms. The molecule has 1 aliphatic heterocycles. The van der Waals surface area contributed by atoms with E-state index in [-0.39, 0.29) is 18.1 Å². The number of anilines is 1. The minimum Gasteiger partial charge on any atom is -0.444 e. The van der Waals surface area contributed by atoms with Crippen LogP contribution in [0.3, 0.4) is 0 Å². The van der Waals surface area contributed by atoms with Crippen molar-refractivity contribution < 1.29 is 14.3 Å². The van der Waals surface area contributed by atoms with Crippen molar-refractivity contribution in [1.82, 2.24) is 4.90 Å². The summed E-state index contributed by atoms with van der Waals surface area (Å²) in [5.41, 5.74) is 1.66. The summed E-state index contributed by atoms with van der Waals surface area (Å²) in [5.74, 6) is -0.110. The van der Waals surface area contributed by atoms with Crippen molar-refractivity contribution in [3.05, 3.63) is 28.8 Å². The van der Waals surface area contributed by atoms with Crippen molar-refractivity contribution in [2.75, 3.05) is 18.9 Å². The molecule has 0 aromatic heterocycles. The number of hydrogen-bond donors (Lipinski definition) is 1. The van der Waals surface area contributed by atoms with E-state index in [2.05, 4.69) is 5.32 Å². The summed E-state index contributed by atoms with van der Waals surface area (Å²) < 4.78 is 5.10. The molecule has 1 aromatic rings. The number of cyclic esters (lactones) is 1. The third kappa shape index (κ3) is 3.63. The number of aryl methyl sites for hydroxylation is 1. The van der Waals surface area contributed by atoms with E-state index in [1.165, 1.54) is 4.90 Å². The Hall–Kier alpha value is -1.75. The van der Waals surface area contributed by atoms with Crippen molar-refractivity contribution >= 4 is 29.3 Å². The van der Waals surface area contributed by atoms with Crippen LogP contribution in [0.4, 0.5) is 10.5 Å². The molecule has 1 saturated heterocycles. The van der Waals surface area contributed by atoms with Gasteiger partial charge < -0.3 is 15.0 Å². The van der Waals surface area contributed by atoms with Gasteiger partial charge in [-0.1, -0.05) is 17.7 Å². The maximum atomic E-state index is 11.9. The predicted octanol–water partition coefficient (Wildman–Crippen LogP) is 2.82. The average Bonchev–Trinajstić information content (AvgIpc) is 2.71. The minimum absolute atomic E-state index is 0.110. The van der Waals surface area contributed by atoms with E-state index in [4.69, 9.17) is 16.3 Å². The van der Waals surface area contributed by atoms with Gasteiger partial charge in [-0.05, 0) is 31.0 Å². The highest BCUT2D eigenvalue weighted by molar-refractivity contribution is 6.31. The van der Waals surface area contributed by atoms with Crippen molar-refractivity contribution in [2.45, 2.75) is 25.9 Å². The molecular formula is C14H17ClN2O3. The fourth-order valence-electron chi connectivity index (χ4n) is 2.03. The molecule has 0 spiro atoms. The second-order valence-corrected chi connectivity index (χ2v) is 5.37. The lowest BCUT2D eigenvalue weighted by molar-refractivity contribution is -0.116. The first-order chi connectivity index (χ1) is 9.45. The van der Waals surface area contributed by atoms with E-state index in [1.54, 1.807) is 19.2 Å². The normalized spacial score (nSPS) is 18.1. The molecule has 5 nitrogen and oxygen atoms in total. The first-order valence-corrected chi connectivity index (χ1v) is 6.81. The molecule has 0 aliphatic carbocycles. The van der Waals surface area contributed by atoms with E-state index in [1.807, 2.05) is 13.0 Å². The SMILES string of the molecule is Cc1ccc(Cl)cc1NC(=O)CCC1CN(C)C(=O)O1. The molecule has 1 unspecified atom stereocenters. The van der Waals surface area contributed by atoms with Crippen LogP contribution in [0.5, 0.6) is 0 Å². The molecule has 0 radical (unpaired) electrons. The van der Waals surface area contributed by atoms with Gasteiger partial charge in [0.15, 0.2) is 0 Å². The number of amides is 2. The first kappa shape index (κ1) is 14.7. The molecule has 1 atom stereocenters. The number of likely N-dealkylation sites (N-methyl/N-ethyl adjacent to an activating group) is 1. The highest BCUT2D eigenvalue weighted by Gasteiger charge is 2.28. The number of carbonyl (C=O) groups excluding carboxylic acids is 2. The highest BCUT2D eigenvalue weighted by atomic mass is 35.5. The fourth-order valence-corrected chi connectivity index (χ4v) is 2.21. The monoisotopic (exact) mass is 296 g/mol. The van der Waals surface area contributed by atoms with Crippen LogP contribution in [-0.4, -0.2) is 36.6 Å². The quantitative estimate of drug-likeness (QED) is 0.929. The summed E-state index contributed by atoms with van der Waals surface area (Å²) in [6.45, 7) is 2.43. The van der Waals surface area contributed by atoms with E-state index >= 15 is 0 Å². The lowest BCUT2D eigenvalue weighted by Gasteiger charge is -2.10. The van der Waals surface area contributed by atoms with Gasteiger partial charge in [-0.15, -0.1) is 0 Å². The summed E-state index contributed by atoms with van der Waals surface area (Å²) in [6, 6.07) is 5.35. The van der Waals surface area contributed by atoms with Crippen LogP contribution in [-0.2, 0) is 9.53 Å². The van der Waals surface area contributed by atoms with Crippen LogP contribution in [0.2, 0.25) is 5.02 Å². The van der Waals surface area contributed by atoms with Crippen molar-refractivity contribution in [3.8, 4) is 0 Å². The number of hydrogen-bond acceptors (Lipinski definition) is 3. The van der Waals surface area contributed by atoms with E-state index in [0.29, 0.717) is 30.1 Å². The Morgan fingerprint density at radius 1 is 1.55 bits per heavy atom. The average molecular weight is 297 g/mol. The Morgan fingerprint density at radius 2 is 2.30 bits per heavy atom. The van der Waals surface area contributed by atoms with E-state index < -0.39 is 0 Å². The second kappa shape index (κ2) is 6.13. The fraction of sp³-hybridized carbons (Fsp3) is 0.429. The number of rotatable bonds is 4. The van der Waals surface area contributed by atoms with Gasteiger partial charge in [0.2, 0.25) is 5.91 Å². The third-order valence-corrected chi connectivity index (χ3v) is 3.46. The molecular weight excluding hydrogens is 280 g/mol. The van der Waals surface area contributed by atoms with Gasteiger partial charge in [0.1, 0.15) is 6.10 Å². The molecule has 1 N–H and O–H groups in total. The zero-order valence-electron chi connectivity index (χ0n) is 11.5. The van der Waals surface area contributed by atoms with E-state index in [0.717, 1.165) is 5.56 Å². The van der Waals surface area contributed by atoms with Crippen LogP contribution in [0.25, 0.3) is 0 Å². The number of nitrogens with zero attached hydrogens (tertiary/aromatic N) is 1. The molecule has 1 heterocycles. The molecule has 2 rings (SSSR count). The van der Waals surface area contributed by atoms with Crippen molar-refractivity contribution in [2.24, 2.45) is 0 Å². The molecule has 2 amide bonds. The van der Waals surface area contributed by atoms with Gasteiger partial charge in [0.05, 0.1) is 6.54 Å². The second-order valence-electron chi connectivity index (χ2n) is 4.93. The van der Waals surface area contributed by atoms with Gasteiger partial charge in [-0.3, -0.25) is 4.79 Å². The van der Waals surface area contributed by atoms with Crippen molar-refractivity contribution in [3.63, 3.8) is 0 Å². The van der Waals surface area contributed by atoms with Crippen LogP contribution < -0.4 is 5.32 Å². The standard InChI is InChI=1S/C14H17ClN2O3/c1-9-3-4-10(15)7-12(9)16-13(18)6-5-11-8-17(2)14(19)20-11/h3-4,7,11H,5-6,8H2,1-2H3,(H,16,18). The van der Waals surface area contributed by atoms with Crippen LogP contribution in [0.15, 0.2) is 18.2 Å². The van der Waals surface area contributed by atoms with Gasteiger partial charge in [0.25, 0.3) is 0 Å². The summed E-state index contributed by atoms with van der Waals surface area (Å²) in [6.07, 6.45) is 0.277. The zero-order valence-corrected chi connectivity index (χ0v) is 12.2. The van der Waals surface area contributed by atoms with Gasteiger partial charge >= 0.3 is 6.09 Å². The molecule has 108 valence electrons. The smallest absolute Gasteiger partial charge is 0.409 e. The highest BCUT2D eigenvalue weighted by Crippen LogP contribution is 2.21. The topological polar surface area (TPSA) is 58.6 Å². The molecule has 1 aliphatic rings. The lowest BCUT2D eigenvalue weighted by atomic mass is 10.1. The number of carbonyl (C=O) groups is 2. The van der Waals surface area contributed by atoms with Gasteiger partial charge in [-0.2, -0.15) is 0 Å². The Kier molecular flexibility index (Phi) is 4.49. The number of ether oxygens (including phenoxy) is 1. The first-order valence-electron chi connectivity index (χ1n) is 6.43. The molecule has 1 aromatic carbocycles. The number of benzene rings is 1. The van der Waals surface area contributed by atoms with E-state index in [9.17, 15) is 9.59 Å². The Bertz CT molecular complexity index is 533. The molecule has 0 saturated carbocycles. The molecule has 0 bridgehead atoms. The zero-order chi connectivity index (χ0) is 14.7. The van der Waals surface area contributed by atoms with Crippen LogP contribution in [0.1, 0.15) is 18.4 Å². The minimum atomic E-state index is -0.332. The van der Waals surface area contributed by atoms with Crippen LogP contribution in [0, 0.1) is 6.92 Å². The lowest BCUT2D eigenvalue weighted by Crippen LogP contribution is -2.20. The maximum absolute atomic E-state index is 11.9. The maximum Gasteiger partial charge on any atom is 0.409 e. The van der Waals surface area contributed by atoms with Gasteiger partial charge in [0, 0.05) is 24.2 Å². The molecule has 1 fully saturated rings. The van der Waals surface area contributed by atoms with Crippen LogP contribution >= 0.6 is 11.6 Å². The summed E-state index contributed by atoms with van der Waals surface area (Å²) >= 11 is 5.90. The number of nitrogens with one attached hydrogen (secondary N) is 1. The Labute approximate surface area is 122 Å². The van der Waals surface area contributed by atoms with Crippen molar-refractivity contribution in [1.29, 1.82) is 0 Å². The third-order valence-electron chi connectivity index (χ3n) is 3.22. The molecule has 20 heavy (non-hydrogen) atoms. The number of halogens is 1. The summed E-state index contributed by atoms with van der Waals surface area (Å²) in [4.78, 5) is 24.6. The summed E-state index contributed by atoms with van der Waals surface area (Å²) in [7, 11) is 1.68. The van der Waals surface area contributed by atoms with Gasteiger partial charge in [-0.25, -0.2) is 4.79 Å².